The molecule has 4 aromatic carbocycles. The van der Waals surface area contributed by atoms with Crippen LogP contribution >= 0.6 is 23.2 Å². The molecule has 0 heterocycles. The first-order valence-corrected chi connectivity index (χ1v) is 16.1. The molecule has 0 saturated carbocycles. The number of para-hydroxylation sites is 1. The van der Waals surface area contributed by atoms with Gasteiger partial charge in [0, 0.05) is 29.6 Å². The molecule has 11 heteroatoms. The highest BCUT2D eigenvalue weighted by atomic mass is 35.5. The SMILES string of the molecule is CCNC(=O)[C@H](Cc1ccccc1)N(Cc1ccc(Cl)cc1Cl)C(=O)CN(c1ccccc1F)S(=O)(=O)c1ccc(C)cc1. The summed E-state index contributed by atoms with van der Waals surface area (Å²) in [5.74, 6) is -2.00. The Morgan fingerprint density at radius 1 is 0.909 bits per heavy atom. The number of carbonyl (C=O) groups excluding carboxylic acids is 2. The second kappa shape index (κ2) is 14.7. The molecule has 0 aromatic heterocycles. The Labute approximate surface area is 267 Å². The Balaban J connectivity index is 1.82. The Kier molecular flexibility index (Phi) is 11.0. The molecule has 0 fully saturated rings. The lowest BCUT2D eigenvalue weighted by atomic mass is 10.0. The van der Waals surface area contributed by atoms with E-state index in [-0.39, 0.29) is 28.6 Å². The van der Waals surface area contributed by atoms with Crippen LogP contribution in [0.2, 0.25) is 10.0 Å². The minimum atomic E-state index is -4.42. The maximum atomic E-state index is 15.2. The van der Waals surface area contributed by atoms with E-state index in [9.17, 15) is 18.0 Å². The maximum Gasteiger partial charge on any atom is 0.264 e. The molecule has 2 amide bonds. The minimum absolute atomic E-state index is 0.115. The molecule has 4 rings (SSSR count). The van der Waals surface area contributed by atoms with Gasteiger partial charge in [-0.1, -0.05) is 89.4 Å². The zero-order chi connectivity index (χ0) is 31.9. The van der Waals surface area contributed by atoms with E-state index in [1.165, 1.54) is 41.3 Å². The number of hydrogen-bond acceptors (Lipinski definition) is 4. The van der Waals surface area contributed by atoms with Gasteiger partial charge in [0.1, 0.15) is 18.4 Å². The molecule has 1 N–H and O–H groups in total. The fourth-order valence-electron chi connectivity index (χ4n) is 4.68. The number of amides is 2. The highest BCUT2D eigenvalue weighted by Crippen LogP contribution is 2.28. The van der Waals surface area contributed by atoms with Crippen LogP contribution in [-0.4, -0.2) is 44.3 Å². The molecule has 0 aliphatic carbocycles. The van der Waals surface area contributed by atoms with Gasteiger partial charge in [0.05, 0.1) is 10.6 Å². The van der Waals surface area contributed by atoms with Gasteiger partial charge in [-0.2, -0.15) is 0 Å². The van der Waals surface area contributed by atoms with Crippen molar-refractivity contribution in [3.63, 3.8) is 0 Å². The second-order valence-corrected chi connectivity index (χ2v) is 12.8. The molecular formula is C33H32Cl2FN3O4S. The molecule has 0 radical (unpaired) electrons. The Morgan fingerprint density at radius 2 is 1.57 bits per heavy atom. The highest BCUT2D eigenvalue weighted by molar-refractivity contribution is 7.92. The third kappa shape index (κ3) is 7.96. The summed E-state index contributed by atoms with van der Waals surface area (Å²) in [5, 5.41) is 3.44. The van der Waals surface area contributed by atoms with Crippen LogP contribution in [0.3, 0.4) is 0 Å². The first-order chi connectivity index (χ1) is 21.0. The quantitative estimate of drug-likeness (QED) is 0.191. The summed E-state index contributed by atoms with van der Waals surface area (Å²) in [6.07, 6.45) is 0.133. The number of likely N-dealkylation sites (N-methyl/N-ethyl adjacent to an activating group) is 1. The third-order valence-corrected chi connectivity index (χ3v) is 9.35. The summed E-state index contributed by atoms with van der Waals surface area (Å²) in [5.41, 5.74) is 1.80. The van der Waals surface area contributed by atoms with Crippen molar-refractivity contribution in [2.24, 2.45) is 0 Å². The van der Waals surface area contributed by atoms with E-state index in [2.05, 4.69) is 5.32 Å². The molecule has 0 aliphatic rings. The Hall–Kier alpha value is -3.92. The van der Waals surface area contributed by atoms with E-state index >= 15 is 4.39 Å². The molecule has 0 saturated heterocycles. The van der Waals surface area contributed by atoms with Gasteiger partial charge in [0.2, 0.25) is 11.8 Å². The number of nitrogens with one attached hydrogen (secondary N) is 1. The molecule has 0 spiro atoms. The van der Waals surface area contributed by atoms with E-state index < -0.39 is 40.2 Å². The topological polar surface area (TPSA) is 86.8 Å². The molecule has 0 bridgehead atoms. The number of nitrogens with zero attached hydrogens (tertiary/aromatic N) is 2. The van der Waals surface area contributed by atoms with Gasteiger partial charge in [0.15, 0.2) is 0 Å². The van der Waals surface area contributed by atoms with Crippen molar-refractivity contribution in [1.29, 1.82) is 0 Å². The zero-order valence-corrected chi connectivity index (χ0v) is 26.5. The van der Waals surface area contributed by atoms with Gasteiger partial charge in [-0.25, -0.2) is 12.8 Å². The average Bonchev–Trinajstić information content (AvgIpc) is 3.00. The van der Waals surface area contributed by atoms with E-state index in [1.54, 1.807) is 31.2 Å². The fourth-order valence-corrected chi connectivity index (χ4v) is 6.57. The van der Waals surface area contributed by atoms with Gasteiger partial charge in [-0.05, 0) is 61.4 Å². The summed E-state index contributed by atoms with van der Waals surface area (Å²) < 4.78 is 43.9. The molecule has 4 aromatic rings. The van der Waals surface area contributed by atoms with Crippen LogP contribution in [-0.2, 0) is 32.6 Å². The van der Waals surface area contributed by atoms with Crippen molar-refractivity contribution in [2.75, 3.05) is 17.4 Å². The number of hydrogen-bond donors (Lipinski definition) is 1. The van der Waals surface area contributed by atoms with Gasteiger partial charge >= 0.3 is 0 Å². The van der Waals surface area contributed by atoms with Gasteiger partial charge in [-0.15, -0.1) is 0 Å². The lowest BCUT2D eigenvalue weighted by Crippen LogP contribution is -2.53. The van der Waals surface area contributed by atoms with E-state index in [0.29, 0.717) is 17.1 Å². The standard InChI is InChI=1S/C33H32Cl2FN3O4S/c1-3-37-33(41)31(19-24-9-5-4-6-10-24)38(21-25-15-16-26(34)20-28(25)35)32(40)22-39(30-12-8-7-11-29(30)36)44(42,43)27-17-13-23(2)14-18-27/h4-18,20,31H,3,19,21-22H2,1-2H3,(H,37,41)/t31-/m0/s1. The van der Waals surface area contributed by atoms with Crippen molar-refractivity contribution >= 4 is 50.7 Å². The van der Waals surface area contributed by atoms with Crippen LogP contribution in [0.25, 0.3) is 0 Å². The molecule has 0 aliphatic heterocycles. The number of anilines is 1. The largest absolute Gasteiger partial charge is 0.355 e. The summed E-state index contributed by atoms with van der Waals surface area (Å²) in [7, 11) is -4.42. The first kappa shape index (κ1) is 33.0. The van der Waals surface area contributed by atoms with Gasteiger partial charge in [0.25, 0.3) is 10.0 Å². The smallest absolute Gasteiger partial charge is 0.264 e. The highest BCUT2D eigenvalue weighted by Gasteiger charge is 2.35. The van der Waals surface area contributed by atoms with Crippen LogP contribution < -0.4 is 9.62 Å². The summed E-state index contributed by atoms with van der Waals surface area (Å²) in [6, 6.07) is 24.2. The summed E-state index contributed by atoms with van der Waals surface area (Å²) in [4.78, 5) is 29.0. The average molecular weight is 657 g/mol. The Bertz CT molecular complexity index is 1720. The van der Waals surface area contributed by atoms with Crippen molar-refractivity contribution in [1.82, 2.24) is 10.2 Å². The fraction of sp³-hybridized carbons (Fsp3) is 0.212. The van der Waals surface area contributed by atoms with Crippen molar-refractivity contribution < 1.29 is 22.4 Å². The summed E-state index contributed by atoms with van der Waals surface area (Å²) in [6.45, 7) is 2.94. The lowest BCUT2D eigenvalue weighted by Gasteiger charge is -2.34. The molecule has 0 unspecified atom stereocenters. The number of benzene rings is 4. The van der Waals surface area contributed by atoms with Crippen molar-refractivity contribution in [3.05, 3.63) is 130 Å². The van der Waals surface area contributed by atoms with Gasteiger partial charge in [-0.3, -0.25) is 13.9 Å². The lowest BCUT2D eigenvalue weighted by molar-refractivity contribution is -0.140. The number of halogens is 3. The maximum absolute atomic E-state index is 15.2. The van der Waals surface area contributed by atoms with Crippen molar-refractivity contribution in [3.8, 4) is 0 Å². The van der Waals surface area contributed by atoms with Crippen LogP contribution in [0.15, 0.2) is 102 Å². The number of aryl methyl sites for hydroxylation is 1. The first-order valence-electron chi connectivity index (χ1n) is 13.9. The van der Waals surface area contributed by atoms with E-state index in [4.69, 9.17) is 23.2 Å². The van der Waals surface area contributed by atoms with Crippen LogP contribution in [0.1, 0.15) is 23.6 Å². The second-order valence-electron chi connectivity index (χ2n) is 10.1. The normalized spacial score (nSPS) is 11.9. The minimum Gasteiger partial charge on any atom is -0.355 e. The third-order valence-electron chi connectivity index (χ3n) is 6.99. The van der Waals surface area contributed by atoms with Crippen molar-refractivity contribution in [2.45, 2.75) is 37.8 Å². The van der Waals surface area contributed by atoms with E-state index in [0.717, 1.165) is 21.5 Å². The molecule has 44 heavy (non-hydrogen) atoms. The van der Waals surface area contributed by atoms with Crippen LogP contribution in [0.4, 0.5) is 10.1 Å². The number of carbonyl (C=O) groups is 2. The summed E-state index contributed by atoms with van der Waals surface area (Å²) >= 11 is 12.6. The molecule has 230 valence electrons. The Morgan fingerprint density at radius 3 is 2.20 bits per heavy atom. The number of sulfonamides is 1. The zero-order valence-electron chi connectivity index (χ0n) is 24.2. The van der Waals surface area contributed by atoms with Crippen LogP contribution in [0, 0.1) is 12.7 Å². The predicted molar refractivity (Wildman–Crippen MR) is 172 cm³/mol. The predicted octanol–water partition coefficient (Wildman–Crippen LogP) is 6.41. The molecule has 7 nitrogen and oxygen atoms in total. The number of rotatable bonds is 12. The molecular weight excluding hydrogens is 624 g/mol. The monoisotopic (exact) mass is 655 g/mol. The van der Waals surface area contributed by atoms with Crippen LogP contribution in [0.5, 0.6) is 0 Å². The van der Waals surface area contributed by atoms with Gasteiger partial charge < -0.3 is 10.2 Å². The molecule has 1 atom stereocenters. The van der Waals surface area contributed by atoms with E-state index in [1.807, 2.05) is 37.3 Å².